The van der Waals surface area contributed by atoms with E-state index in [0.29, 0.717) is 6.54 Å². The minimum atomic E-state index is -0.904. The Hall–Kier alpha value is -1.63. The molecule has 0 heterocycles. The van der Waals surface area contributed by atoms with E-state index in [1.54, 1.807) is 7.05 Å². The zero-order valence-electron chi connectivity index (χ0n) is 8.87. The fraction of sp³-hybridized carbons (Fsp3) is 0.625. The molecule has 0 atom stereocenters. The molecule has 0 saturated heterocycles. The van der Waals surface area contributed by atoms with Gasteiger partial charge < -0.3 is 10.6 Å². The predicted molar refractivity (Wildman–Crippen MR) is 53.9 cm³/mol. The zero-order valence-corrected chi connectivity index (χ0v) is 8.87. The van der Waals surface area contributed by atoms with Gasteiger partial charge in [-0.2, -0.15) is 0 Å². The molecule has 0 radical (unpaired) electrons. The Kier molecular flexibility index (Phi) is 6.03. The lowest BCUT2D eigenvalue weighted by molar-refractivity contribution is -0.128. The van der Waals surface area contributed by atoms with Crippen LogP contribution in [0.25, 0.3) is 0 Å². The lowest BCUT2D eigenvalue weighted by Gasteiger charge is -2.14. The second-order valence-corrected chi connectivity index (χ2v) is 2.92. The molecule has 0 aromatic rings. The van der Waals surface area contributed by atoms with Crippen LogP contribution in [0.3, 0.4) is 0 Å². The van der Waals surface area contributed by atoms with Crippen molar-refractivity contribution in [1.29, 1.82) is 0 Å². The van der Waals surface area contributed by atoms with Crippen LogP contribution < -0.4 is 16.4 Å². The van der Waals surface area contributed by atoms with Gasteiger partial charge in [0.2, 0.25) is 11.8 Å². The van der Waals surface area contributed by atoms with Crippen LogP contribution in [-0.4, -0.2) is 49.4 Å². The van der Waals surface area contributed by atoms with Gasteiger partial charge in [0.15, 0.2) is 0 Å². The van der Waals surface area contributed by atoms with Crippen LogP contribution >= 0.6 is 0 Å². The van der Waals surface area contributed by atoms with Crippen LogP contribution in [0.2, 0.25) is 0 Å². The molecule has 0 spiro atoms. The summed E-state index contributed by atoms with van der Waals surface area (Å²) in [6, 6.07) is -0.904. The summed E-state index contributed by atoms with van der Waals surface area (Å²) < 4.78 is 0. The van der Waals surface area contributed by atoms with Gasteiger partial charge in [0.25, 0.3) is 0 Å². The van der Waals surface area contributed by atoms with Crippen molar-refractivity contribution in [3.8, 4) is 0 Å². The number of primary amides is 1. The van der Waals surface area contributed by atoms with Crippen LogP contribution in [-0.2, 0) is 9.59 Å². The van der Waals surface area contributed by atoms with Crippen molar-refractivity contribution in [2.45, 2.75) is 6.92 Å². The summed E-state index contributed by atoms with van der Waals surface area (Å²) in [5.74, 6) is -0.682. The van der Waals surface area contributed by atoms with Crippen molar-refractivity contribution >= 4 is 17.8 Å². The molecule has 86 valence electrons. The van der Waals surface area contributed by atoms with Crippen molar-refractivity contribution in [3.63, 3.8) is 0 Å². The average molecular weight is 216 g/mol. The smallest absolute Gasteiger partial charge is 0.318 e. The Morgan fingerprint density at radius 1 is 1.27 bits per heavy atom. The number of urea groups is 1. The van der Waals surface area contributed by atoms with Gasteiger partial charge in [0.1, 0.15) is 0 Å². The molecule has 0 fully saturated rings. The number of likely N-dealkylation sites (N-methyl/N-ethyl adjacent to an activating group) is 1. The summed E-state index contributed by atoms with van der Waals surface area (Å²) in [7, 11) is 1.66. The quantitative estimate of drug-likeness (QED) is 0.506. The Morgan fingerprint density at radius 3 is 2.33 bits per heavy atom. The van der Waals surface area contributed by atoms with Gasteiger partial charge in [-0.25, -0.2) is 4.79 Å². The summed E-state index contributed by atoms with van der Waals surface area (Å²) in [6.07, 6.45) is 0. The van der Waals surface area contributed by atoms with E-state index in [1.165, 1.54) is 4.90 Å². The molecule has 7 heteroatoms. The predicted octanol–water partition coefficient (Wildman–Crippen LogP) is -1.75. The molecule has 0 aliphatic carbocycles. The van der Waals surface area contributed by atoms with E-state index >= 15 is 0 Å². The Morgan fingerprint density at radius 2 is 1.87 bits per heavy atom. The molecule has 0 aromatic heterocycles. The van der Waals surface area contributed by atoms with Gasteiger partial charge in [0.05, 0.1) is 13.1 Å². The van der Waals surface area contributed by atoms with Crippen molar-refractivity contribution in [2.75, 3.05) is 26.7 Å². The number of hydrogen-bond acceptors (Lipinski definition) is 4. The second-order valence-electron chi connectivity index (χ2n) is 2.92. The topological polar surface area (TPSA) is 105 Å². The SMILES string of the molecule is CCN(C)C(=O)CNCC(=O)NC(N)=O. The molecule has 0 bridgehead atoms. The summed E-state index contributed by atoms with van der Waals surface area (Å²) >= 11 is 0. The number of nitrogens with one attached hydrogen (secondary N) is 2. The molecule has 4 amide bonds. The number of imide groups is 1. The van der Waals surface area contributed by atoms with Crippen LogP contribution in [0.15, 0.2) is 0 Å². The molecular formula is C8H16N4O3. The fourth-order valence-electron chi connectivity index (χ4n) is 0.776. The highest BCUT2D eigenvalue weighted by Gasteiger charge is 2.07. The second kappa shape index (κ2) is 6.77. The highest BCUT2D eigenvalue weighted by molar-refractivity contribution is 5.94. The third-order valence-electron chi connectivity index (χ3n) is 1.72. The van der Waals surface area contributed by atoms with E-state index in [2.05, 4.69) is 5.32 Å². The fourth-order valence-corrected chi connectivity index (χ4v) is 0.776. The van der Waals surface area contributed by atoms with Gasteiger partial charge >= 0.3 is 6.03 Å². The van der Waals surface area contributed by atoms with Gasteiger partial charge in [-0.15, -0.1) is 0 Å². The third-order valence-corrected chi connectivity index (χ3v) is 1.72. The zero-order chi connectivity index (χ0) is 11.8. The summed E-state index contributed by atoms with van der Waals surface area (Å²) in [5.41, 5.74) is 4.72. The Bertz CT molecular complexity index is 254. The molecule has 0 rings (SSSR count). The summed E-state index contributed by atoms with van der Waals surface area (Å²) in [6.45, 7) is 2.38. The molecular weight excluding hydrogens is 200 g/mol. The number of hydrogen-bond donors (Lipinski definition) is 3. The first-order chi connectivity index (χ1) is 6.97. The number of carbonyl (C=O) groups excluding carboxylic acids is 3. The Balaban J connectivity index is 3.66. The Labute approximate surface area is 88.0 Å². The highest BCUT2D eigenvalue weighted by atomic mass is 16.2. The van der Waals surface area contributed by atoms with E-state index in [1.807, 2.05) is 12.2 Å². The lowest BCUT2D eigenvalue weighted by Crippen LogP contribution is -2.43. The number of rotatable bonds is 5. The number of nitrogens with zero attached hydrogens (tertiary/aromatic N) is 1. The summed E-state index contributed by atoms with van der Waals surface area (Å²) in [4.78, 5) is 33.9. The molecule has 15 heavy (non-hydrogen) atoms. The molecule has 0 aliphatic rings. The normalized spacial score (nSPS) is 9.47. The van der Waals surface area contributed by atoms with Gasteiger partial charge in [-0.1, -0.05) is 0 Å². The van der Waals surface area contributed by atoms with E-state index in [-0.39, 0.29) is 19.0 Å². The number of nitrogens with two attached hydrogens (primary N) is 1. The number of amides is 4. The van der Waals surface area contributed by atoms with Gasteiger partial charge in [0, 0.05) is 13.6 Å². The monoisotopic (exact) mass is 216 g/mol. The molecule has 0 saturated carbocycles. The minimum Gasteiger partial charge on any atom is -0.351 e. The van der Waals surface area contributed by atoms with Gasteiger partial charge in [-0.05, 0) is 6.92 Å². The van der Waals surface area contributed by atoms with E-state index in [9.17, 15) is 14.4 Å². The van der Waals surface area contributed by atoms with E-state index in [0.717, 1.165) is 0 Å². The summed E-state index contributed by atoms with van der Waals surface area (Å²) in [5, 5.41) is 4.47. The van der Waals surface area contributed by atoms with Crippen LogP contribution in [0, 0.1) is 0 Å². The van der Waals surface area contributed by atoms with E-state index in [4.69, 9.17) is 5.73 Å². The van der Waals surface area contributed by atoms with E-state index < -0.39 is 11.9 Å². The molecule has 0 aliphatic heterocycles. The lowest BCUT2D eigenvalue weighted by atomic mass is 10.4. The van der Waals surface area contributed by atoms with Crippen molar-refractivity contribution in [2.24, 2.45) is 5.73 Å². The third kappa shape index (κ3) is 6.44. The van der Waals surface area contributed by atoms with Gasteiger partial charge in [-0.3, -0.25) is 20.2 Å². The van der Waals surface area contributed by atoms with Crippen molar-refractivity contribution < 1.29 is 14.4 Å². The van der Waals surface area contributed by atoms with Crippen molar-refractivity contribution in [3.05, 3.63) is 0 Å². The maximum absolute atomic E-state index is 11.2. The largest absolute Gasteiger partial charge is 0.351 e. The molecule has 7 nitrogen and oxygen atoms in total. The van der Waals surface area contributed by atoms with Crippen molar-refractivity contribution in [1.82, 2.24) is 15.5 Å². The van der Waals surface area contributed by atoms with Crippen LogP contribution in [0.5, 0.6) is 0 Å². The molecule has 0 aromatic carbocycles. The van der Waals surface area contributed by atoms with Crippen LogP contribution in [0.4, 0.5) is 4.79 Å². The standard InChI is InChI=1S/C8H16N4O3/c1-3-12(2)7(14)5-10-4-6(13)11-8(9)15/h10H,3-5H2,1-2H3,(H3,9,11,13,15). The maximum Gasteiger partial charge on any atom is 0.318 e. The maximum atomic E-state index is 11.2. The first-order valence-corrected chi connectivity index (χ1v) is 4.51. The first kappa shape index (κ1) is 13.4. The highest BCUT2D eigenvalue weighted by Crippen LogP contribution is 1.80. The first-order valence-electron chi connectivity index (χ1n) is 4.51. The number of carbonyl (C=O) groups is 3. The molecule has 0 unspecified atom stereocenters. The molecule has 4 N–H and O–H groups in total. The average Bonchev–Trinajstić information content (AvgIpc) is 2.15. The van der Waals surface area contributed by atoms with Crippen LogP contribution in [0.1, 0.15) is 6.92 Å². The minimum absolute atomic E-state index is 0.0521.